The van der Waals surface area contributed by atoms with E-state index in [9.17, 15) is 18.3 Å². The van der Waals surface area contributed by atoms with Crippen molar-refractivity contribution in [3.05, 3.63) is 41.2 Å². The molecular formula is C12H13N3O5S. The van der Waals surface area contributed by atoms with Crippen LogP contribution in [0.1, 0.15) is 21.7 Å². The fraction of sp³-hybridized carbons (Fsp3) is 0.167. The Balaban J connectivity index is 2.49. The largest absolute Gasteiger partial charge is 0.476 e. The van der Waals surface area contributed by atoms with Crippen molar-refractivity contribution in [2.45, 2.75) is 18.4 Å². The van der Waals surface area contributed by atoms with Crippen LogP contribution in [0.3, 0.4) is 0 Å². The number of para-hydroxylation sites is 1. The second-order valence-corrected chi connectivity index (χ2v) is 5.87. The molecule has 0 radical (unpaired) electrons. The fourth-order valence-electron chi connectivity index (χ4n) is 1.85. The summed E-state index contributed by atoms with van der Waals surface area (Å²) in [6.07, 6.45) is 0. The van der Waals surface area contributed by atoms with E-state index in [4.69, 9.17) is 5.11 Å². The van der Waals surface area contributed by atoms with Crippen LogP contribution in [0.25, 0.3) is 0 Å². The number of carbonyl (C=O) groups is 1. The van der Waals surface area contributed by atoms with Crippen molar-refractivity contribution in [1.82, 2.24) is 10.2 Å². The average Bonchev–Trinajstić information content (AvgIpc) is 2.82. The molecule has 112 valence electrons. The SMILES string of the molecule is Cc1[nH]nc(C(=O)O)c1S(=O)(=O)Nc1ccccc1CO. The van der Waals surface area contributed by atoms with Gasteiger partial charge >= 0.3 is 5.97 Å². The average molecular weight is 311 g/mol. The lowest BCUT2D eigenvalue weighted by Crippen LogP contribution is -2.17. The van der Waals surface area contributed by atoms with Gasteiger partial charge in [-0.15, -0.1) is 0 Å². The number of rotatable bonds is 5. The van der Waals surface area contributed by atoms with Crippen molar-refractivity contribution < 1.29 is 23.4 Å². The third-order valence-corrected chi connectivity index (χ3v) is 4.32. The van der Waals surface area contributed by atoms with Crippen LogP contribution < -0.4 is 4.72 Å². The highest BCUT2D eigenvalue weighted by atomic mass is 32.2. The van der Waals surface area contributed by atoms with E-state index >= 15 is 0 Å². The number of sulfonamides is 1. The second-order valence-electron chi connectivity index (χ2n) is 4.25. The van der Waals surface area contributed by atoms with Gasteiger partial charge in [0.05, 0.1) is 18.0 Å². The number of nitrogens with one attached hydrogen (secondary N) is 2. The molecule has 0 fully saturated rings. The summed E-state index contributed by atoms with van der Waals surface area (Å²) >= 11 is 0. The van der Waals surface area contributed by atoms with Crippen LogP contribution in [0.4, 0.5) is 5.69 Å². The molecule has 0 bridgehead atoms. The van der Waals surface area contributed by atoms with Crippen LogP contribution in [0.5, 0.6) is 0 Å². The van der Waals surface area contributed by atoms with E-state index in [0.29, 0.717) is 5.56 Å². The van der Waals surface area contributed by atoms with E-state index in [1.165, 1.54) is 13.0 Å². The van der Waals surface area contributed by atoms with Crippen LogP contribution in [-0.2, 0) is 16.6 Å². The molecule has 1 heterocycles. The first-order valence-corrected chi connectivity index (χ1v) is 7.35. The van der Waals surface area contributed by atoms with E-state index in [0.717, 1.165) is 0 Å². The lowest BCUT2D eigenvalue weighted by molar-refractivity contribution is 0.0686. The molecule has 2 aromatic rings. The zero-order valence-corrected chi connectivity index (χ0v) is 11.8. The minimum Gasteiger partial charge on any atom is -0.476 e. The predicted molar refractivity (Wildman–Crippen MR) is 73.5 cm³/mol. The highest BCUT2D eigenvalue weighted by Crippen LogP contribution is 2.23. The van der Waals surface area contributed by atoms with Crippen LogP contribution in [0.2, 0.25) is 0 Å². The van der Waals surface area contributed by atoms with Crippen molar-refractivity contribution in [3.63, 3.8) is 0 Å². The highest BCUT2D eigenvalue weighted by molar-refractivity contribution is 7.92. The monoisotopic (exact) mass is 311 g/mol. The lowest BCUT2D eigenvalue weighted by atomic mass is 10.2. The molecule has 0 spiro atoms. The Kier molecular flexibility index (Phi) is 3.96. The molecule has 0 atom stereocenters. The molecule has 2 rings (SSSR count). The van der Waals surface area contributed by atoms with Crippen molar-refractivity contribution in [1.29, 1.82) is 0 Å². The molecule has 0 unspecified atom stereocenters. The summed E-state index contributed by atoms with van der Waals surface area (Å²) in [6.45, 7) is 1.06. The smallest absolute Gasteiger partial charge is 0.357 e. The third-order valence-electron chi connectivity index (χ3n) is 2.79. The van der Waals surface area contributed by atoms with Crippen molar-refractivity contribution in [2.75, 3.05) is 4.72 Å². The molecule has 0 saturated carbocycles. The van der Waals surface area contributed by atoms with Crippen molar-refractivity contribution >= 4 is 21.7 Å². The molecule has 21 heavy (non-hydrogen) atoms. The topological polar surface area (TPSA) is 132 Å². The van der Waals surface area contributed by atoms with Crippen LogP contribution in [0, 0.1) is 6.92 Å². The quantitative estimate of drug-likeness (QED) is 0.643. The van der Waals surface area contributed by atoms with Crippen LogP contribution in [0.15, 0.2) is 29.2 Å². The van der Waals surface area contributed by atoms with Crippen molar-refractivity contribution in [3.8, 4) is 0 Å². The minimum absolute atomic E-state index is 0.112. The Bertz CT molecular complexity index is 782. The van der Waals surface area contributed by atoms with Gasteiger partial charge in [0.25, 0.3) is 10.0 Å². The van der Waals surface area contributed by atoms with Crippen LogP contribution >= 0.6 is 0 Å². The number of aromatic nitrogens is 2. The molecule has 0 aliphatic carbocycles. The number of anilines is 1. The van der Waals surface area contributed by atoms with Gasteiger partial charge in [-0.1, -0.05) is 18.2 Å². The summed E-state index contributed by atoms with van der Waals surface area (Å²) in [5.74, 6) is -1.45. The number of hydrogen-bond acceptors (Lipinski definition) is 5. The number of H-pyrrole nitrogens is 1. The summed E-state index contributed by atoms with van der Waals surface area (Å²) < 4.78 is 27.0. The molecule has 4 N–H and O–H groups in total. The number of hydrogen-bond donors (Lipinski definition) is 4. The highest BCUT2D eigenvalue weighted by Gasteiger charge is 2.28. The molecule has 0 saturated heterocycles. The van der Waals surface area contributed by atoms with Gasteiger partial charge in [-0.2, -0.15) is 5.10 Å². The fourth-order valence-corrected chi connectivity index (χ4v) is 3.27. The zero-order chi connectivity index (χ0) is 15.6. The van der Waals surface area contributed by atoms with Gasteiger partial charge < -0.3 is 10.2 Å². The molecule has 0 aliphatic heterocycles. The molecule has 1 aromatic carbocycles. The summed E-state index contributed by atoms with van der Waals surface area (Å²) in [7, 11) is -4.14. The number of aromatic carboxylic acids is 1. The molecule has 8 nitrogen and oxygen atoms in total. The summed E-state index contributed by atoms with van der Waals surface area (Å²) in [6, 6.07) is 6.27. The van der Waals surface area contributed by atoms with Gasteiger partial charge in [0.1, 0.15) is 4.90 Å². The zero-order valence-electron chi connectivity index (χ0n) is 11.0. The molecule has 1 aromatic heterocycles. The molecule has 0 aliphatic rings. The molecular weight excluding hydrogens is 298 g/mol. The van der Waals surface area contributed by atoms with Gasteiger partial charge in [-0.3, -0.25) is 9.82 Å². The normalized spacial score (nSPS) is 11.3. The van der Waals surface area contributed by atoms with Gasteiger partial charge in [-0.05, 0) is 13.0 Å². The van der Waals surface area contributed by atoms with Gasteiger partial charge in [-0.25, -0.2) is 13.2 Å². The number of aliphatic hydroxyl groups excluding tert-OH is 1. The van der Waals surface area contributed by atoms with Crippen molar-refractivity contribution in [2.24, 2.45) is 0 Å². The van der Waals surface area contributed by atoms with E-state index in [1.807, 2.05) is 0 Å². The van der Waals surface area contributed by atoms with Gasteiger partial charge in [0, 0.05) is 5.56 Å². The number of aliphatic hydroxyl groups is 1. The standard InChI is InChI=1S/C12H13N3O5S/c1-7-11(10(12(17)18)14-13-7)21(19,20)15-9-5-3-2-4-8(9)6-16/h2-5,15-16H,6H2,1H3,(H,13,14)(H,17,18). The Morgan fingerprint density at radius 2 is 2.05 bits per heavy atom. The summed E-state index contributed by atoms with van der Waals surface area (Å²) in [5, 5.41) is 24.0. The predicted octanol–water partition coefficient (Wildman–Crippen LogP) is 0.709. The van der Waals surface area contributed by atoms with E-state index in [1.54, 1.807) is 18.2 Å². The van der Waals surface area contributed by atoms with E-state index in [-0.39, 0.29) is 18.0 Å². The Hall–Kier alpha value is -2.39. The maximum Gasteiger partial charge on any atom is 0.357 e. The van der Waals surface area contributed by atoms with Gasteiger partial charge in [0.15, 0.2) is 5.69 Å². The molecule has 9 heteroatoms. The Morgan fingerprint density at radius 3 is 2.67 bits per heavy atom. The maximum atomic E-state index is 12.4. The summed E-state index contributed by atoms with van der Waals surface area (Å²) in [4.78, 5) is 10.6. The molecule has 0 amide bonds. The second kappa shape index (κ2) is 5.54. The first-order valence-electron chi connectivity index (χ1n) is 5.86. The maximum absolute atomic E-state index is 12.4. The summed E-state index contributed by atoms with van der Waals surface area (Å²) in [5.41, 5.74) is 0.0823. The van der Waals surface area contributed by atoms with Gasteiger partial charge in [0.2, 0.25) is 0 Å². The number of benzene rings is 1. The number of aryl methyl sites for hydroxylation is 1. The third kappa shape index (κ3) is 2.88. The lowest BCUT2D eigenvalue weighted by Gasteiger charge is -2.11. The number of carboxylic acid groups (broad SMARTS) is 1. The van der Waals surface area contributed by atoms with E-state index in [2.05, 4.69) is 14.9 Å². The minimum atomic E-state index is -4.14. The first-order chi connectivity index (χ1) is 9.86. The first kappa shape index (κ1) is 15.0. The number of aromatic amines is 1. The Morgan fingerprint density at radius 1 is 1.38 bits per heavy atom. The number of carboxylic acids is 1. The van der Waals surface area contributed by atoms with Crippen LogP contribution in [-0.4, -0.2) is 34.8 Å². The van der Waals surface area contributed by atoms with E-state index < -0.39 is 26.6 Å². The number of nitrogens with zero attached hydrogens (tertiary/aromatic N) is 1. The Labute approximate surface area is 120 Å².